The molecule has 0 bridgehead atoms. The van der Waals surface area contributed by atoms with Gasteiger partial charge in [0.2, 0.25) is 5.91 Å². The highest BCUT2D eigenvalue weighted by molar-refractivity contribution is 9.10. The number of benzene rings is 2. The molecule has 0 unspecified atom stereocenters. The summed E-state index contributed by atoms with van der Waals surface area (Å²) in [6.45, 7) is 1.59. The van der Waals surface area contributed by atoms with Crippen molar-refractivity contribution in [2.45, 2.75) is 6.92 Å². The van der Waals surface area contributed by atoms with Gasteiger partial charge in [0.25, 0.3) is 5.91 Å². The number of hydrogen-bond acceptors (Lipinski definition) is 3. The molecule has 0 saturated carbocycles. The molecule has 4 amide bonds. The van der Waals surface area contributed by atoms with Crippen molar-refractivity contribution in [1.29, 1.82) is 0 Å². The van der Waals surface area contributed by atoms with Crippen molar-refractivity contribution in [3.63, 3.8) is 0 Å². The van der Waals surface area contributed by atoms with Crippen LogP contribution in [0.5, 0.6) is 0 Å². The monoisotopic (exact) mass is 413 g/mol. The second kappa shape index (κ2) is 7.53. The number of aryl methyl sites for hydroxylation is 1. The molecule has 2 N–H and O–H groups in total. The molecule has 2 aromatic carbocycles. The van der Waals surface area contributed by atoms with Crippen LogP contribution < -0.4 is 10.6 Å². The van der Waals surface area contributed by atoms with E-state index in [9.17, 15) is 14.4 Å². The van der Waals surface area contributed by atoms with Gasteiger partial charge in [-0.3, -0.25) is 9.59 Å². The van der Waals surface area contributed by atoms with Gasteiger partial charge in [-0.25, -0.2) is 9.69 Å². The number of carbonyl (C=O) groups excluding carboxylic acids is 3. The summed E-state index contributed by atoms with van der Waals surface area (Å²) in [5, 5.41) is 5.17. The first-order valence-corrected chi connectivity index (χ1v) is 8.68. The standard InChI is InChI=1S/C19H16BrN3O3/c1-12-5-7-15(8-6-12)21-17(24)11-23-18(25)16(22-19(23)26)10-13-3-2-4-14(20)9-13/h2-10H,11H2,1H3,(H,21,24)(H,22,26)/b16-10+. The molecule has 0 aliphatic carbocycles. The average Bonchev–Trinajstić information content (AvgIpc) is 2.84. The van der Waals surface area contributed by atoms with E-state index in [1.807, 2.05) is 43.3 Å². The minimum absolute atomic E-state index is 0.135. The van der Waals surface area contributed by atoms with Crippen LogP contribution >= 0.6 is 15.9 Å². The maximum Gasteiger partial charge on any atom is 0.329 e. The topological polar surface area (TPSA) is 78.5 Å². The third kappa shape index (κ3) is 4.18. The van der Waals surface area contributed by atoms with Crippen molar-refractivity contribution < 1.29 is 14.4 Å². The second-order valence-electron chi connectivity index (χ2n) is 5.85. The lowest BCUT2D eigenvalue weighted by molar-refractivity contribution is -0.127. The second-order valence-corrected chi connectivity index (χ2v) is 6.76. The van der Waals surface area contributed by atoms with Gasteiger partial charge in [0.15, 0.2) is 0 Å². The first kappa shape index (κ1) is 17.9. The molecule has 1 saturated heterocycles. The van der Waals surface area contributed by atoms with Gasteiger partial charge in [0.1, 0.15) is 12.2 Å². The number of rotatable bonds is 4. The minimum atomic E-state index is -0.615. The number of nitrogens with zero attached hydrogens (tertiary/aromatic N) is 1. The van der Waals surface area contributed by atoms with E-state index in [-0.39, 0.29) is 12.2 Å². The van der Waals surface area contributed by atoms with Gasteiger partial charge in [0, 0.05) is 10.2 Å². The van der Waals surface area contributed by atoms with E-state index < -0.39 is 17.8 Å². The molecule has 26 heavy (non-hydrogen) atoms. The van der Waals surface area contributed by atoms with Crippen LogP contribution in [-0.2, 0) is 9.59 Å². The van der Waals surface area contributed by atoms with Gasteiger partial charge in [-0.2, -0.15) is 0 Å². The molecule has 0 atom stereocenters. The summed E-state index contributed by atoms with van der Waals surface area (Å²) in [7, 11) is 0. The first-order valence-electron chi connectivity index (χ1n) is 7.89. The van der Waals surface area contributed by atoms with E-state index in [0.29, 0.717) is 5.69 Å². The van der Waals surface area contributed by atoms with Crippen molar-refractivity contribution in [2.75, 3.05) is 11.9 Å². The summed E-state index contributed by atoms with van der Waals surface area (Å²) in [6, 6.07) is 13.9. The first-order chi connectivity index (χ1) is 12.4. The van der Waals surface area contributed by atoms with E-state index in [1.54, 1.807) is 18.2 Å². The fourth-order valence-corrected chi connectivity index (χ4v) is 2.88. The zero-order valence-electron chi connectivity index (χ0n) is 14.0. The van der Waals surface area contributed by atoms with E-state index in [1.165, 1.54) is 0 Å². The number of nitrogens with one attached hydrogen (secondary N) is 2. The van der Waals surface area contributed by atoms with Crippen LogP contribution in [0, 0.1) is 6.92 Å². The SMILES string of the molecule is Cc1ccc(NC(=O)CN2C(=O)N/C(=C/c3cccc(Br)c3)C2=O)cc1. The summed E-state index contributed by atoms with van der Waals surface area (Å²) in [4.78, 5) is 37.5. The zero-order chi connectivity index (χ0) is 18.7. The fraction of sp³-hybridized carbons (Fsp3) is 0.105. The molecular weight excluding hydrogens is 398 g/mol. The number of urea groups is 1. The molecule has 2 aromatic rings. The molecule has 1 aliphatic heterocycles. The Kier molecular flexibility index (Phi) is 5.18. The summed E-state index contributed by atoms with van der Waals surface area (Å²) < 4.78 is 0.859. The summed E-state index contributed by atoms with van der Waals surface area (Å²) in [6.07, 6.45) is 1.57. The highest BCUT2D eigenvalue weighted by atomic mass is 79.9. The highest BCUT2D eigenvalue weighted by Crippen LogP contribution is 2.17. The molecule has 7 heteroatoms. The molecule has 0 radical (unpaired) electrons. The number of halogens is 1. The van der Waals surface area contributed by atoms with Crippen molar-refractivity contribution >= 4 is 45.5 Å². The summed E-state index contributed by atoms with van der Waals surface area (Å²) >= 11 is 3.35. The Bertz CT molecular complexity index is 907. The van der Waals surface area contributed by atoms with Crippen LogP contribution in [0.2, 0.25) is 0 Å². The number of hydrogen-bond donors (Lipinski definition) is 2. The Balaban J connectivity index is 1.69. The quantitative estimate of drug-likeness (QED) is 0.596. The van der Waals surface area contributed by atoms with Gasteiger partial charge in [0.05, 0.1) is 0 Å². The zero-order valence-corrected chi connectivity index (χ0v) is 15.5. The van der Waals surface area contributed by atoms with Crippen LogP contribution in [-0.4, -0.2) is 29.3 Å². The van der Waals surface area contributed by atoms with Gasteiger partial charge in [-0.05, 0) is 42.8 Å². The average molecular weight is 414 g/mol. The third-order valence-electron chi connectivity index (χ3n) is 3.76. The Morgan fingerprint density at radius 3 is 2.62 bits per heavy atom. The largest absolute Gasteiger partial charge is 0.329 e. The van der Waals surface area contributed by atoms with Crippen LogP contribution in [0.15, 0.2) is 58.7 Å². The highest BCUT2D eigenvalue weighted by Gasteiger charge is 2.34. The molecule has 3 rings (SSSR count). The Morgan fingerprint density at radius 2 is 1.92 bits per heavy atom. The molecule has 1 heterocycles. The van der Waals surface area contributed by atoms with Gasteiger partial charge in [-0.15, -0.1) is 0 Å². The van der Waals surface area contributed by atoms with Crippen molar-refractivity contribution in [2.24, 2.45) is 0 Å². The molecule has 0 spiro atoms. The maximum absolute atomic E-state index is 12.4. The molecule has 1 aliphatic rings. The lowest BCUT2D eigenvalue weighted by Gasteiger charge is -2.12. The molecule has 132 valence electrons. The predicted octanol–water partition coefficient (Wildman–Crippen LogP) is 3.29. The minimum Gasteiger partial charge on any atom is -0.325 e. The van der Waals surface area contributed by atoms with Crippen LogP contribution in [0.1, 0.15) is 11.1 Å². The molecular formula is C19H16BrN3O3. The third-order valence-corrected chi connectivity index (χ3v) is 4.25. The number of carbonyl (C=O) groups is 3. The molecule has 1 fully saturated rings. The van der Waals surface area contributed by atoms with Gasteiger partial charge in [-0.1, -0.05) is 45.8 Å². The Labute approximate surface area is 159 Å². The van der Waals surface area contributed by atoms with Crippen molar-refractivity contribution in [3.8, 4) is 0 Å². The lowest BCUT2D eigenvalue weighted by Crippen LogP contribution is -2.38. The maximum atomic E-state index is 12.4. The smallest absolute Gasteiger partial charge is 0.325 e. The Morgan fingerprint density at radius 1 is 1.19 bits per heavy atom. The van der Waals surface area contributed by atoms with Crippen molar-refractivity contribution in [1.82, 2.24) is 10.2 Å². The van der Waals surface area contributed by atoms with Crippen molar-refractivity contribution in [3.05, 3.63) is 69.8 Å². The summed E-state index contributed by atoms with van der Waals surface area (Å²) in [5.74, 6) is -0.977. The van der Waals surface area contributed by atoms with E-state index in [2.05, 4.69) is 26.6 Å². The normalized spacial score (nSPS) is 15.3. The lowest BCUT2D eigenvalue weighted by atomic mass is 10.2. The van der Waals surface area contributed by atoms with E-state index in [0.717, 1.165) is 20.5 Å². The van der Waals surface area contributed by atoms with E-state index >= 15 is 0 Å². The number of imide groups is 1. The van der Waals surface area contributed by atoms with E-state index in [4.69, 9.17) is 0 Å². The predicted molar refractivity (Wildman–Crippen MR) is 102 cm³/mol. The van der Waals surface area contributed by atoms with Crippen LogP contribution in [0.4, 0.5) is 10.5 Å². The molecule has 0 aromatic heterocycles. The number of anilines is 1. The Hall–Kier alpha value is -2.93. The molecule has 6 nitrogen and oxygen atoms in total. The van der Waals surface area contributed by atoms with Crippen LogP contribution in [0.3, 0.4) is 0 Å². The van der Waals surface area contributed by atoms with Gasteiger partial charge < -0.3 is 10.6 Å². The number of amides is 4. The summed E-state index contributed by atoms with van der Waals surface area (Å²) in [5.41, 5.74) is 2.57. The fourth-order valence-electron chi connectivity index (χ4n) is 2.46. The van der Waals surface area contributed by atoms with Gasteiger partial charge >= 0.3 is 6.03 Å². The van der Waals surface area contributed by atoms with Crippen LogP contribution in [0.25, 0.3) is 6.08 Å².